The van der Waals surface area contributed by atoms with Crippen LogP contribution in [0.15, 0.2) is 30.3 Å². The minimum Gasteiger partial charge on any atom is -0.410 e. The Balaban J connectivity index is 2.49. The van der Waals surface area contributed by atoms with Crippen LogP contribution in [0.1, 0.15) is 5.69 Å². The van der Waals surface area contributed by atoms with Gasteiger partial charge in [-0.2, -0.15) is 0 Å². The highest BCUT2D eigenvalue weighted by Crippen LogP contribution is 2.24. The second-order valence-corrected chi connectivity index (χ2v) is 3.41. The lowest BCUT2D eigenvalue weighted by Gasteiger charge is -2.06. The van der Waals surface area contributed by atoms with Gasteiger partial charge in [0, 0.05) is 18.1 Å². The van der Waals surface area contributed by atoms with E-state index >= 15 is 0 Å². The zero-order chi connectivity index (χ0) is 11.5. The molecular formula is C12H12N2O2. The van der Waals surface area contributed by atoms with E-state index in [2.05, 4.69) is 10.3 Å². The number of benzene rings is 1. The maximum atomic E-state index is 11.1. The first kappa shape index (κ1) is 10.4. The largest absolute Gasteiger partial charge is 0.412 e. The highest BCUT2D eigenvalue weighted by atomic mass is 16.6. The second kappa shape index (κ2) is 4.18. The molecule has 1 aromatic heterocycles. The predicted octanol–water partition coefficient (Wildman–Crippen LogP) is 2.26. The molecule has 0 radical (unpaired) electrons. The fourth-order valence-corrected chi connectivity index (χ4v) is 1.47. The number of fused-ring (bicyclic) bond motifs is 1. The van der Waals surface area contributed by atoms with Crippen molar-refractivity contribution in [3.05, 3.63) is 36.0 Å². The topological polar surface area (TPSA) is 51.2 Å². The number of aromatic nitrogens is 1. The summed E-state index contributed by atoms with van der Waals surface area (Å²) in [7, 11) is 1.52. The molecule has 0 spiro atoms. The standard InChI is InChI=1S/C12H12N2O2/c1-8-6-7-9-10(14-8)4-3-5-11(9)16-12(15)13-2/h3-7H,1-2H3,(H,13,15). The van der Waals surface area contributed by atoms with Crippen LogP contribution in [-0.4, -0.2) is 18.1 Å². The highest BCUT2D eigenvalue weighted by Gasteiger charge is 2.06. The summed E-state index contributed by atoms with van der Waals surface area (Å²) in [6, 6.07) is 9.23. The van der Waals surface area contributed by atoms with E-state index in [1.807, 2.05) is 31.2 Å². The molecule has 0 bridgehead atoms. The highest BCUT2D eigenvalue weighted by molar-refractivity contribution is 5.87. The summed E-state index contributed by atoms with van der Waals surface area (Å²) >= 11 is 0. The molecule has 0 aliphatic carbocycles. The molecule has 0 unspecified atom stereocenters. The van der Waals surface area contributed by atoms with Crippen LogP contribution in [0.5, 0.6) is 5.75 Å². The lowest BCUT2D eigenvalue weighted by Crippen LogP contribution is -2.22. The molecule has 1 amide bonds. The van der Waals surface area contributed by atoms with Gasteiger partial charge in [0.1, 0.15) is 5.75 Å². The maximum Gasteiger partial charge on any atom is 0.412 e. The van der Waals surface area contributed by atoms with Crippen molar-refractivity contribution in [3.8, 4) is 5.75 Å². The van der Waals surface area contributed by atoms with Crippen molar-refractivity contribution in [2.75, 3.05) is 7.05 Å². The van der Waals surface area contributed by atoms with Gasteiger partial charge in [0.2, 0.25) is 0 Å². The lowest BCUT2D eigenvalue weighted by atomic mass is 10.2. The minimum absolute atomic E-state index is 0.479. The SMILES string of the molecule is CNC(=O)Oc1cccc2nc(C)ccc12. The fraction of sp³-hybridized carbons (Fsp3) is 0.167. The summed E-state index contributed by atoms with van der Waals surface area (Å²) in [4.78, 5) is 15.5. The lowest BCUT2D eigenvalue weighted by molar-refractivity contribution is 0.203. The zero-order valence-electron chi connectivity index (χ0n) is 9.15. The molecule has 0 saturated heterocycles. The molecule has 4 nitrogen and oxygen atoms in total. The Hall–Kier alpha value is -2.10. The van der Waals surface area contributed by atoms with E-state index in [4.69, 9.17) is 4.74 Å². The molecule has 2 rings (SSSR count). The molecule has 0 aliphatic heterocycles. The van der Waals surface area contributed by atoms with Crippen molar-refractivity contribution in [1.29, 1.82) is 0 Å². The summed E-state index contributed by atoms with van der Waals surface area (Å²) < 4.78 is 5.13. The van der Waals surface area contributed by atoms with E-state index in [0.717, 1.165) is 16.6 Å². The van der Waals surface area contributed by atoms with Gasteiger partial charge in [0.05, 0.1) is 5.52 Å². The molecule has 1 N–H and O–H groups in total. The van der Waals surface area contributed by atoms with Gasteiger partial charge in [-0.1, -0.05) is 6.07 Å². The average Bonchev–Trinajstić information content (AvgIpc) is 2.28. The molecule has 16 heavy (non-hydrogen) atoms. The monoisotopic (exact) mass is 216 g/mol. The van der Waals surface area contributed by atoms with Crippen molar-refractivity contribution in [2.45, 2.75) is 6.92 Å². The number of nitrogens with one attached hydrogen (secondary N) is 1. The number of carbonyl (C=O) groups excluding carboxylic acids is 1. The number of nitrogens with zero attached hydrogens (tertiary/aromatic N) is 1. The van der Waals surface area contributed by atoms with Crippen LogP contribution >= 0.6 is 0 Å². The summed E-state index contributed by atoms with van der Waals surface area (Å²) in [6.07, 6.45) is -0.479. The first-order chi connectivity index (χ1) is 7.70. The van der Waals surface area contributed by atoms with Crippen LogP contribution in [0, 0.1) is 6.92 Å². The first-order valence-corrected chi connectivity index (χ1v) is 4.96. The molecule has 1 aromatic carbocycles. The maximum absolute atomic E-state index is 11.1. The van der Waals surface area contributed by atoms with E-state index in [0.29, 0.717) is 5.75 Å². The van der Waals surface area contributed by atoms with Gasteiger partial charge in [-0.15, -0.1) is 0 Å². The van der Waals surface area contributed by atoms with Crippen LogP contribution in [-0.2, 0) is 0 Å². The van der Waals surface area contributed by atoms with Crippen LogP contribution in [0.2, 0.25) is 0 Å². The van der Waals surface area contributed by atoms with E-state index in [1.54, 1.807) is 6.07 Å². The number of rotatable bonds is 1. The molecule has 0 saturated carbocycles. The van der Waals surface area contributed by atoms with Gasteiger partial charge in [0.25, 0.3) is 0 Å². The van der Waals surface area contributed by atoms with Crippen molar-refractivity contribution in [3.63, 3.8) is 0 Å². The third-order valence-electron chi connectivity index (χ3n) is 2.24. The van der Waals surface area contributed by atoms with Crippen LogP contribution in [0.3, 0.4) is 0 Å². The normalized spacial score (nSPS) is 10.1. The summed E-state index contributed by atoms with van der Waals surface area (Å²) in [5.74, 6) is 0.518. The second-order valence-electron chi connectivity index (χ2n) is 3.41. The molecule has 2 aromatic rings. The average molecular weight is 216 g/mol. The fourth-order valence-electron chi connectivity index (χ4n) is 1.47. The third-order valence-corrected chi connectivity index (χ3v) is 2.24. The molecule has 0 aliphatic rings. The third kappa shape index (κ3) is 1.95. The van der Waals surface area contributed by atoms with Crippen molar-refractivity contribution in [2.24, 2.45) is 0 Å². The van der Waals surface area contributed by atoms with E-state index in [9.17, 15) is 4.79 Å². The molecule has 4 heteroatoms. The molecule has 0 fully saturated rings. The van der Waals surface area contributed by atoms with Crippen molar-refractivity contribution < 1.29 is 9.53 Å². The van der Waals surface area contributed by atoms with Crippen LogP contribution < -0.4 is 10.1 Å². The van der Waals surface area contributed by atoms with Gasteiger partial charge in [0.15, 0.2) is 0 Å². The summed E-state index contributed by atoms with van der Waals surface area (Å²) in [6.45, 7) is 1.92. The van der Waals surface area contributed by atoms with Gasteiger partial charge >= 0.3 is 6.09 Å². The zero-order valence-corrected chi connectivity index (χ0v) is 9.15. The Bertz CT molecular complexity index is 538. The van der Waals surface area contributed by atoms with Crippen LogP contribution in [0.4, 0.5) is 4.79 Å². The van der Waals surface area contributed by atoms with Crippen LogP contribution in [0.25, 0.3) is 10.9 Å². The summed E-state index contributed by atoms with van der Waals surface area (Å²) in [5, 5.41) is 3.24. The molecule has 1 heterocycles. The van der Waals surface area contributed by atoms with Gasteiger partial charge in [-0.25, -0.2) is 4.79 Å². The Morgan fingerprint density at radius 2 is 2.12 bits per heavy atom. The van der Waals surface area contributed by atoms with Gasteiger partial charge in [-0.3, -0.25) is 4.98 Å². The number of carbonyl (C=O) groups is 1. The number of hydrogen-bond donors (Lipinski definition) is 1. The molecular weight excluding hydrogens is 204 g/mol. The minimum atomic E-state index is -0.479. The van der Waals surface area contributed by atoms with Crippen molar-refractivity contribution >= 4 is 17.0 Å². The van der Waals surface area contributed by atoms with E-state index < -0.39 is 6.09 Å². The Morgan fingerprint density at radius 3 is 2.88 bits per heavy atom. The Morgan fingerprint density at radius 1 is 1.31 bits per heavy atom. The number of pyridine rings is 1. The number of hydrogen-bond acceptors (Lipinski definition) is 3. The number of amides is 1. The van der Waals surface area contributed by atoms with Gasteiger partial charge in [-0.05, 0) is 31.2 Å². The quantitative estimate of drug-likeness (QED) is 0.795. The first-order valence-electron chi connectivity index (χ1n) is 4.96. The van der Waals surface area contributed by atoms with E-state index in [1.165, 1.54) is 7.05 Å². The Kier molecular flexibility index (Phi) is 2.72. The van der Waals surface area contributed by atoms with Crippen molar-refractivity contribution in [1.82, 2.24) is 10.3 Å². The molecule has 0 atom stereocenters. The predicted molar refractivity (Wildman–Crippen MR) is 61.6 cm³/mol. The summed E-state index contributed by atoms with van der Waals surface area (Å²) in [5.41, 5.74) is 1.76. The number of ether oxygens (including phenoxy) is 1. The molecule has 82 valence electrons. The van der Waals surface area contributed by atoms with Gasteiger partial charge < -0.3 is 10.1 Å². The Labute approximate surface area is 93.3 Å². The van der Waals surface area contributed by atoms with E-state index in [-0.39, 0.29) is 0 Å². The number of aryl methyl sites for hydroxylation is 1. The smallest absolute Gasteiger partial charge is 0.410 e.